The predicted octanol–water partition coefficient (Wildman–Crippen LogP) is 3.78. The van der Waals surface area contributed by atoms with E-state index in [0.29, 0.717) is 11.6 Å². The van der Waals surface area contributed by atoms with Gasteiger partial charge < -0.3 is 10.3 Å². The number of hydrogen-bond donors (Lipinski definition) is 2. The van der Waals surface area contributed by atoms with E-state index in [0.717, 1.165) is 27.5 Å². The van der Waals surface area contributed by atoms with Crippen molar-refractivity contribution in [2.75, 3.05) is 5.32 Å². The van der Waals surface area contributed by atoms with Crippen molar-refractivity contribution in [2.24, 2.45) is 0 Å². The van der Waals surface area contributed by atoms with E-state index in [1.165, 1.54) is 0 Å². The Morgan fingerprint density at radius 2 is 1.88 bits per heavy atom. The molecule has 0 unspecified atom stereocenters. The zero-order chi connectivity index (χ0) is 17.7. The number of aromatic nitrogens is 5. The van der Waals surface area contributed by atoms with E-state index in [2.05, 4.69) is 30.2 Å². The standard InChI is InChI=1S/C18H14F2N6/c19-18(20)6-11(7-18)25-17-24-9-13-12(8-23-16(13)26-17)10-1-2-14-15(5-10)22-4-3-21-14/h1-5,8-9,11H,6-7H2,(H2,23,24,25,26). The van der Waals surface area contributed by atoms with Crippen molar-refractivity contribution in [3.05, 3.63) is 43.0 Å². The largest absolute Gasteiger partial charge is 0.351 e. The summed E-state index contributed by atoms with van der Waals surface area (Å²) in [6.07, 6.45) is 6.53. The fraction of sp³-hybridized carbons (Fsp3) is 0.222. The Bertz CT molecular complexity index is 1120. The van der Waals surface area contributed by atoms with Crippen molar-refractivity contribution in [1.82, 2.24) is 24.9 Å². The molecule has 26 heavy (non-hydrogen) atoms. The number of hydrogen-bond acceptors (Lipinski definition) is 5. The molecule has 1 saturated carbocycles. The van der Waals surface area contributed by atoms with Crippen LogP contribution in [0.25, 0.3) is 33.2 Å². The van der Waals surface area contributed by atoms with Gasteiger partial charge in [-0.25, -0.2) is 13.8 Å². The molecule has 0 saturated heterocycles. The van der Waals surface area contributed by atoms with Gasteiger partial charge >= 0.3 is 0 Å². The summed E-state index contributed by atoms with van der Waals surface area (Å²) in [4.78, 5) is 20.4. The van der Waals surface area contributed by atoms with Gasteiger partial charge in [-0.3, -0.25) is 9.97 Å². The Labute approximate surface area is 146 Å². The second-order valence-corrected chi connectivity index (χ2v) is 6.52. The Balaban J connectivity index is 1.47. The highest BCUT2D eigenvalue weighted by Gasteiger charge is 2.45. The summed E-state index contributed by atoms with van der Waals surface area (Å²) in [6.45, 7) is 0. The summed E-state index contributed by atoms with van der Waals surface area (Å²) in [5.41, 5.74) is 4.23. The number of benzene rings is 1. The molecule has 8 heteroatoms. The van der Waals surface area contributed by atoms with Crippen molar-refractivity contribution in [3.8, 4) is 11.1 Å². The van der Waals surface area contributed by atoms with Gasteiger partial charge in [-0.2, -0.15) is 4.98 Å². The van der Waals surface area contributed by atoms with E-state index in [-0.39, 0.29) is 18.9 Å². The van der Waals surface area contributed by atoms with Crippen molar-refractivity contribution in [2.45, 2.75) is 24.8 Å². The Kier molecular flexibility index (Phi) is 3.15. The monoisotopic (exact) mass is 352 g/mol. The number of nitrogens with one attached hydrogen (secondary N) is 2. The van der Waals surface area contributed by atoms with Crippen molar-refractivity contribution >= 4 is 28.0 Å². The van der Waals surface area contributed by atoms with Gasteiger partial charge in [-0.05, 0) is 17.7 Å². The molecule has 1 aromatic carbocycles. The quantitative estimate of drug-likeness (QED) is 0.587. The lowest BCUT2D eigenvalue weighted by Gasteiger charge is -2.35. The molecule has 1 fully saturated rings. The first-order chi connectivity index (χ1) is 12.6. The molecule has 0 atom stereocenters. The van der Waals surface area contributed by atoms with E-state index in [9.17, 15) is 8.78 Å². The molecule has 3 heterocycles. The molecule has 1 aliphatic carbocycles. The molecule has 2 N–H and O–H groups in total. The maximum absolute atomic E-state index is 12.9. The SMILES string of the molecule is FC1(F)CC(Nc2ncc3c(-c4ccc5nccnc5c4)c[nH]c3n2)C1. The number of rotatable bonds is 3. The average Bonchev–Trinajstić information content (AvgIpc) is 3.03. The summed E-state index contributed by atoms with van der Waals surface area (Å²) < 4.78 is 25.9. The highest BCUT2D eigenvalue weighted by Crippen LogP contribution is 2.38. The molecule has 4 aromatic rings. The number of H-pyrrole nitrogens is 1. The van der Waals surface area contributed by atoms with Crippen LogP contribution in [0.2, 0.25) is 0 Å². The lowest BCUT2D eigenvalue weighted by molar-refractivity contribution is -0.0794. The van der Waals surface area contributed by atoms with E-state index in [4.69, 9.17) is 0 Å². The smallest absolute Gasteiger partial charge is 0.252 e. The van der Waals surface area contributed by atoms with E-state index >= 15 is 0 Å². The fourth-order valence-electron chi connectivity index (χ4n) is 3.29. The first-order valence-corrected chi connectivity index (χ1v) is 8.27. The molecule has 0 spiro atoms. The fourth-order valence-corrected chi connectivity index (χ4v) is 3.29. The van der Waals surface area contributed by atoms with Gasteiger partial charge in [0.15, 0.2) is 0 Å². The Morgan fingerprint density at radius 1 is 1.08 bits per heavy atom. The van der Waals surface area contributed by atoms with Gasteiger partial charge in [-0.1, -0.05) is 6.07 Å². The molecule has 0 aliphatic heterocycles. The molecular weight excluding hydrogens is 338 g/mol. The van der Waals surface area contributed by atoms with Crippen LogP contribution in [0.3, 0.4) is 0 Å². The van der Waals surface area contributed by atoms with E-state index in [1.807, 2.05) is 24.4 Å². The molecule has 0 amide bonds. The first-order valence-electron chi connectivity index (χ1n) is 8.27. The summed E-state index contributed by atoms with van der Waals surface area (Å²) in [7, 11) is 0. The highest BCUT2D eigenvalue weighted by molar-refractivity contribution is 5.95. The van der Waals surface area contributed by atoms with Gasteiger partial charge in [0.25, 0.3) is 5.92 Å². The summed E-state index contributed by atoms with van der Waals surface area (Å²) in [5, 5.41) is 3.82. The normalized spacial score (nSPS) is 16.7. The minimum absolute atomic E-state index is 0.178. The zero-order valence-corrected chi connectivity index (χ0v) is 13.6. The lowest BCUT2D eigenvalue weighted by Crippen LogP contribution is -2.44. The lowest BCUT2D eigenvalue weighted by atomic mass is 9.88. The van der Waals surface area contributed by atoms with E-state index in [1.54, 1.807) is 18.6 Å². The second-order valence-electron chi connectivity index (χ2n) is 6.52. The van der Waals surface area contributed by atoms with Crippen molar-refractivity contribution in [1.29, 1.82) is 0 Å². The van der Waals surface area contributed by atoms with Gasteiger partial charge in [-0.15, -0.1) is 0 Å². The third-order valence-electron chi connectivity index (χ3n) is 4.64. The highest BCUT2D eigenvalue weighted by atomic mass is 19.3. The number of halogens is 2. The van der Waals surface area contributed by atoms with Crippen LogP contribution < -0.4 is 5.32 Å². The maximum Gasteiger partial charge on any atom is 0.252 e. The maximum atomic E-state index is 12.9. The minimum atomic E-state index is -2.57. The number of nitrogens with zero attached hydrogens (tertiary/aromatic N) is 4. The van der Waals surface area contributed by atoms with Crippen LogP contribution in [0.15, 0.2) is 43.0 Å². The van der Waals surface area contributed by atoms with Gasteiger partial charge in [0, 0.05) is 54.6 Å². The Morgan fingerprint density at radius 3 is 2.69 bits per heavy atom. The average molecular weight is 352 g/mol. The Hall–Kier alpha value is -3.16. The molecular formula is C18H14F2N6. The summed E-state index contributed by atoms with van der Waals surface area (Å²) >= 11 is 0. The summed E-state index contributed by atoms with van der Waals surface area (Å²) in [5.74, 6) is -2.21. The third kappa shape index (κ3) is 2.54. The number of fused-ring (bicyclic) bond motifs is 2. The van der Waals surface area contributed by atoms with Crippen LogP contribution in [0.5, 0.6) is 0 Å². The van der Waals surface area contributed by atoms with Gasteiger partial charge in [0.1, 0.15) is 5.65 Å². The zero-order valence-electron chi connectivity index (χ0n) is 13.6. The number of alkyl halides is 2. The van der Waals surface area contributed by atoms with Crippen LogP contribution in [0.1, 0.15) is 12.8 Å². The topological polar surface area (TPSA) is 79.4 Å². The number of aromatic amines is 1. The minimum Gasteiger partial charge on any atom is -0.351 e. The predicted molar refractivity (Wildman–Crippen MR) is 94.0 cm³/mol. The van der Waals surface area contributed by atoms with Crippen molar-refractivity contribution < 1.29 is 8.78 Å². The molecule has 3 aromatic heterocycles. The molecule has 130 valence electrons. The molecule has 0 radical (unpaired) electrons. The first kappa shape index (κ1) is 15.1. The molecule has 0 bridgehead atoms. The van der Waals surface area contributed by atoms with Crippen LogP contribution in [-0.4, -0.2) is 36.9 Å². The van der Waals surface area contributed by atoms with Crippen LogP contribution in [0, 0.1) is 0 Å². The van der Waals surface area contributed by atoms with Crippen molar-refractivity contribution in [3.63, 3.8) is 0 Å². The molecule has 5 rings (SSSR count). The third-order valence-corrected chi connectivity index (χ3v) is 4.64. The van der Waals surface area contributed by atoms with Gasteiger partial charge in [0.05, 0.1) is 11.0 Å². The number of anilines is 1. The van der Waals surface area contributed by atoms with Gasteiger partial charge in [0.2, 0.25) is 5.95 Å². The van der Waals surface area contributed by atoms with Crippen LogP contribution >= 0.6 is 0 Å². The molecule has 1 aliphatic rings. The molecule has 6 nitrogen and oxygen atoms in total. The second kappa shape index (κ2) is 5.42. The summed E-state index contributed by atoms with van der Waals surface area (Å²) in [6, 6.07) is 5.58. The van der Waals surface area contributed by atoms with E-state index < -0.39 is 5.92 Å². The van der Waals surface area contributed by atoms with Crippen LogP contribution in [0.4, 0.5) is 14.7 Å². The van der Waals surface area contributed by atoms with Crippen LogP contribution in [-0.2, 0) is 0 Å².